The van der Waals surface area contributed by atoms with E-state index >= 15 is 0 Å². The maximum Gasteiger partial charge on any atom is 0.242 e. The quantitative estimate of drug-likeness (QED) is 0.610. The van der Waals surface area contributed by atoms with Gasteiger partial charge in [0.15, 0.2) is 0 Å². The van der Waals surface area contributed by atoms with Gasteiger partial charge in [0, 0.05) is 24.4 Å². The summed E-state index contributed by atoms with van der Waals surface area (Å²) < 4.78 is 5.17. The molecular formula is C22H27ClN2O3S. The van der Waals surface area contributed by atoms with Crippen LogP contribution >= 0.6 is 23.4 Å². The zero-order chi connectivity index (χ0) is 21.2. The van der Waals surface area contributed by atoms with Gasteiger partial charge in [0.2, 0.25) is 11.8 Å². The number of halogens is 1. The number of hydrogen-bond donors (Lipinski definition) is 1. The van der Waals surface area contributed by atoms with Gasteiger partial charge in [0.1, 0.15) is 11.8 Å². The van der Waals surface area contributed by atoms with Crippen LogP contribution in [0.3, 0.4) is 0 Å². The van der Waals surface area contributed by atoms with Gasteiger partial charge in [-0.25, -0.2) is 0 Å². The number of hydrogen-bond acceptors (Lipinski definition) is 4. The number of carbonyl (C=O) groups excluding carboxylic acids is 2. The molecule has 0 radical (unpaired) electrons. The van der Waals surface area contributed by atoms with Crippen LogP contribution in [0, 0.1) is 0 Å². The molecule has 1 unspecified atom stereocenters. The first kappa shape index (κ1) is 23.1. The van der Waals surface area contributed by atoms with Crippen LogP contribution in [0.4, 0.5) is 0 Å². The van der Waals surface area contributed by atoms with Crippen LogP contribution < -0.4 is 10.1 Å². The molecule has 0 aliphatic carbocycles. The van der Waals surface area contributed by atoms with Gasteiger partial charge >= 0.3 is 0 Å². The molecule has 156 valence electrons. The van der Waals surface area contributed by atoms with Crippen molar-refractivity contribution in [2.75, 3.05) is 19.9 Å². The Morgan fingerprint density at radius 1 is 1.10 bits per heavy atom. The summed E-state index contributed by atoms with van der Waals surface area (Å²) in [7, 11) is 3.22. The van der Waals surface area contributed by atoms with Crippen molar-refractivity contribution in [3.63, 3.8) is 0 Å². The summed E-state index contributed by atoms with van der Waals surface area (Å²) in [4.78, 5) is 27.0. The van der Waals surface area contributed by atoms with E-state index in [4.69, 9.17) is 16.3 Å². The summed E-state index contributed by atoms with van der Waals surface area (Å²) in [6, 6.07) is 14.6. The van der Waals surface area contributed by atoms with Gasteiger partial charge in [0.05, 0.1) is 12.9 Å². The Hall–Kier alpha value is -2.18. The van der Waals surface area contributed by atoms with E-state index < -0.39 is 6.04 Å². The molecule has 0 fully saturated rings. The van der Waals surface area contributed by atoms with Crippen LogP contribution in [0.25, 0.3) is 0 Å². The molecule has 0 aliphatic heterocycles. The normalized spacial score (nSPS) is 11.6. The maximum atomic E-state index is 13.0. The van der Waals surface area contributed by atoms with Gasteiger partial charge in [-0.3, -0.25) is 9.59 Å². The van der Waals surface area contributed by atoms with E-state index in [9.17, 15) is 9.59 Å². The highest BCUT2D eigenvalue weighted by Crippen LogP contribution is 2.19. The van der Waals surface area contributed by atoms with Crippen molar-refractivity contribution in [1.29, 1.82) is 0 Å². The topological polar surface area (TPSA) is 58.6 Å². The second-order valence-electron chi connectivity index (χ2n) is 6.53. The average molecular weight is 435 g/mol. The molecule has 0 saturated carbocycles. The molecule has 0 bridgehead atoms. The molecule has 0 saturated heterocycles. The third-order valence-corrected chi connectivity index (χ3v) is 5.79. The molecule has 5 nitrogen and oxygen atoms in total. The SMILES string of the molecule is CCC(C(=O)NC)N(Cc1ccc(Cl)cc1)C(=O)CSCc1ccc(OC)cc1. The molecule has 29 heavy (non-hydrogen) atoms. The smallest absolute Gasteiger partial charge is 0.242 e. The van der Waals surface area contributed by atoms with Crippen molar-refractivity contribution in [2.45, 2.75) is 31.7 Å². The lowest BCUT2D eigenvalue weighted by Crippen LogP contribution is -2.48. The molecule has 0 aromatic heterocycles. The number of thioether (sulfide) groups is 1. The van der Waals surface area contributed by atoms with E-state index in [2.05, 4.69) is 5.32 Å². The van der Waals surface area contributed by atoms with Gasteiger partial charge in [-0.15, -0.1) is 11.8 Å². The van der Waals surface area contributed by atoms with Crippen LogP contribution in [0.5, 0.6) is 5.75 Å². The fourth-order valence-corrected chi connectivity index (χ4v) is 3.93. The van der Waals surface area contributed by atoms with Crippen LogP contribution in [-0.2, 0) is 21.9 Å². The first-order valence-electron chi connectivity index (χ1n) is 9.44. The summed E-state index contributed by atoms with van der Waals surface area (Å²) in [5, 5.41) is 3.31. The number of methoxy groups -OCH3 is 1. The Morgan fingerprint density at radius 2 is 1.72 bits per heavy atom. The second kappa shape index (κ2) is 11.7. The average Bonchev–Trinajstić information content (AvgIpc) is 2.75. The number of nitrogens with zero attached hydrogens (tertiary/aromatic N) is 1. The Balaban J connectivity index is 2.05. The number of ether oxygens (including phenoxy) is 1. The summed E-state index contributed by atoms with van der Waals surface area (Å²) in [6.07, 6.45) is 0.544. The van der Waals surface area contributed by atoms with Crippen molar-refractivity contribution in [3.8, 4) is 5.75 Å². The lowest BCUT2D eigenvalue weighted by Gasteiger charge is -2.30. The van der Waals surface area contributed by atoms with E-state index in [0.29, 0.717) is 29.5 Å². The van der Waals surface area contributed by atoms with Gasteiger partial charge in [-0.2, -0.15) is 0 Å². The number of rotatable bonds is 10. The number of benzene rings is 2. The molecule has 2 aromatic carbocycles. The van der Waals surface area contributed by atoms with Crippen LogP contribution in [0.2, 0.25) is 5.02 Å². The first-order valence-corrected chi connectivity index (χ1v) is 11.0. The Labute approximate surface area is 181 Å². The van der Waals surface area contributed by atoms with Gasteiger partial charge < -0.3 is 15.0 Å². The number of amides is 2. The summed E-state index contributed by atoms with van der Waals surface area (Å²) >= 11 is 7.50. The number of carbonyl (C=O) groups is 2. The highest BCUT2D eigenvalue weighted by atomic mass is 35.5. The molecule has 1 N–H and O–H groups in total. The third kappa shape index (κ3) is 6.98. The van der Waals surface area contributed by atoms with Crippen molar-refractivity contribution in [1.82, 2.24) is 10.2 Å². The van der Waals surface area contributed by atoms with Crippen molar-refractivity contribution < 1.29 is 14.3 Å². The zero-order valence-corrected chi connectivity index (χ0v) is 18.6. The summed E-state index contributed by atoms with van der Waals surface area (Å²) in [5.74, 6) is 1.60. The lowest BCUT2D eigenvalue weighted by molar-refractivity contribution is -0.139. The Morgan fingerprint density at radius 3 is 2.28 bits per heavy atom. The number of nitrogens with one attached hydrogen (secondary N) is 1. The molecule has 1 atom stereocenters. The fraction of sp³-hybridized carbons (Fsp3) is 0.364. The second-order valence-corrected chi connectivity index (χ2v) is 7.95. The first-order chi connectivity index (χ1) is 14.0. The van der Waals surface area contributed by atoms with Crippen molar-refractivity contribution >= 4 is 35.2 Å². The lowest BCUT2D eigenvalue weighted by atomic mass is 10.1. The molecule has 0 aliphatic rings. The van der Waals surface area contributed by atoms with Crippen molar-refractivity contribution in [3.05, 3.63) is 64.7 Å². The Kier molecular flexibility index (Phi) is 9.35. The minimum Gasteiger partial charge on any atom is -0.497 e. The van der Waals surface area contributed by atoms with Crippen LogP contribution in [-0.4, -0.2) is 42.7 Å². The van der Waals surface area contributed by atoms with Crippen LogP contribution in [0.15, 0.2) is 48.5 Å². The molecule has 0 heterocycles. The van der Waals surface area contributed by atoms with Crippen LogP contribution in [0.1, 0.15) is 24.5 Å². The summed E-state index contributed by atoms with van der Waals surface area (Å²) in [6.45, 7) is 2.28. The minimum absolute atomic E-state index is 0.0612. The van der Waals surface area contributed by atoms with E-state index in [1.165, 1.54) is 11.8 Å². The van der Waals surface area contributed by atoms with E-state index in [1.807, 2.05) is 43.3 Å². The molecule has 2 amide bonds. The van der Waals surface area contributed by atoms with E-state index in [-0.39, 0.29) is 11.8 Å². The molecule has 2 rings (SSSR count). The van der Waals surface area contributed by atoms with Crippen molar-refractivity contribution in [2.24, 2.45) is 0 Å². The Bertz CT molecular complexity index is 797. The minimum atomic E-state index is -0.509. The monoisotopic (exact) mass is 434 g/mol. The number of likely N-dealkylation sites (N-methyl/N-ethyl adjacent to an activating group) is 1. The molecule has 2 aromatic rings. The molecule has 7 heteroatoms. The molecule has 0 spiro atoms. The largest absolute Gasteiger partial charge is 0.497 e. The zero-order valence-electron chi connectivity index (χ0n) is 17.0. The summed E-state index contributed by atoms with van der Waals surface area (Å²) in [5.41, 5.74) is 2.05. The van der Waals surface area contributed by atoms with E-state index in [0.717, 1.165) is 16.9 Å². The van der Waals surface area contributed by atoms with E-state index in [1.54, 1.807) is 31.2 Å². The van der Waals surface area contributed by atoms with Gasteiger partial charge in [-0.05, 0) is 41.8 Å². The highest BCUT2D eigenvalue weighted by molar-refractivity contribution is 7.99. The fourth-order valence-electron chi connectivity index (χ4n) is 2.93. The standard InChI is InChI=1S/C22H27ClN2O3S/c1-4-20(22(27)24-2)25(13-16-5-9-18(23)10-6-16)21(26)15-29-14-17-7-11-19(28-3)12-8-17/h5-12,20H,4,13-15H2,1-3H3,(H,24,27). The van der Waals surface area contributed by atoms with Gasteiger partial charge in [0.25, 0.3) is 0 Å². The maximum absolute atomic E-state index is 13.0. The van der Waals surface area contributed by atoms with Gasteiger partial charge in [-0.1, -0.05) is 42.8 Å². The highest BCUT2D eigenvalue weighted by Gasteiger charge is 2.27. The molecular weight excluding hydrogens is 408 g/mol. The predicted octanol–water partition coefficient (Wildman–Crippen LogP) is 4.14. The third-order valence-electron chi connectivity index (χ3n) is 4.55. The predicted molar refractivity (Wildman–Crippen MR) is 119 cm³/mol.